The number of hydrogen-bond acceptors (Lipinski definition) is 9. The van der Waals surface area contributed by atoms with E-state index in [0.29, 0.717) is 0 Å². The quantitative estimate of drug-likeness (QED) is 0.419. The minimum Gasteiger partial charge on any atom is -0.465 e. The molecule has 154 valence electrons. The zero-order valence-electron chi connectivity index (χ0n) is 15.9. The lowest BCUT2D eigenvalue weighted by molar-refractivity contribution is -0.385. The third-order valence-electron chi connectivity index (χ3n) is 3.94. The van der Waals surface area contributed by atoms with E-state index >= 15 is 0 Å². The Kier molecular flexibility index (Phi) is 6.49. The van der Waals surface area contributed by atoms with Gasteiger partial charge in [0.25, 0.3) is 11.2 Å². The molecule has 0 saturated heterocycles. The summed E-state index contributed by atoms with van der Waals surface area (Å²) in [6, 6.07) is 1.11. The third kappa shape index (κ3) is 4.48. The van der Waals surface area contributed by atoms with Gasteiger partial charge in [0.1, 0.15) is 16.4 Å². The van der Waals surface area contributed by atoms with Crippen molar-refractivity contribution in [3.8, 4) is 0 Å². The molecule has 12 heteroatoms. The second-order valence-corrected chi connectivity index (χ2v) is 6.88. The van der Waals surface area contributed by atoms with Crippen LogP contribution < -0.4 is 10.9 Å². The number of aryl methyl sites for hydroxylation is 1. The highest BCUT2D eigenvalue weighted by molar-refractivity contribution is 7.18. The van der Waals surface area contributed by atoms with Crippen LogP contribution in [0, 0.1) is 24.0 Å². The number of amides is 1. The maximum Gasteiger partial charge on any atom is 0.348 e. The number of thiophene rings is 1. The van der Waals surface area contributed by atoms with Crippen LogP contribution in [0.25, 0.3) is 0 Å². The summed E-state index contributed by atoms with van der Waals surface area (Å²) in [6.07, 6.45) is 0.954. The Morgan fingerprint density at radius 1 is 1.21 bits per heavy atom. The largest absolute Gasteiger partial charge is 0.465 e. The highest BCUT2D eigenvalue weighted by Gasteiger charge is 2.27. The zero-order valence-corrected chi connectivity index (χ0v) is 16.7. The van der Waals surface area contributed by atoms with Gasteiger partial charge in [-0.15, -0.1) is 11.3 Å². The number of carbonyl (C=O) groups excluding carboxylic acids is 3. The Bertz CT molecular complexity index is 1070. The number of rotatable bonds is 6. The molecule has 11 nitrogen and oxygen atoms in total. The number of esters is 2. The molecule has 1 amide bonds. The molecule has 0 saturated carbocycles. The van der Waals surface area contributed by atoms with Gasteiger partial charge in [-0.3, -0.25) is 24.3 Å². The van der Waals surface area contributed by atoms with Crippen LogP contribution in [-0.4, -0.2) is 41.6 Å². The van der Waals surface area contributed by atoms with E-state index in [1.54, 1.807) is 0 Å². The van der Waals surface area contributed by atoms with Gasteiger partial charge >= 0.3 is 11.9 Å². The fourth-order valence-electron chi connectivity index (χ4n) is 2.54. The number of aromatic nitrogens is 1. The van der Waals surface area contributed by atoms with E-state index < -0.39 is 34.9 Å². The van der Waals surface area contributed by atoms with E-state index in [0.717, 1.165) is 35.3 Å². The van der Waals surface area contributed by atoms with Crippen molar-refractivity contribution in [2.24, 2.45) is 0 Å². The first kappa shape index (κ1) is 21.8. The Balaban J connectivity index is 2.39. The molecule has 0 bridgehead atoms. The number of methoxy groups -OCH3 is 2. The predicted molar refractivity (Wildman–Crippen MR) is 102 cm³/mol. The van der Waals surface area contributed by atoms with Gasteiger partial charge in [0, 0.05) is 11.6 Å². The van der Waals surface area contributed by atoms with E-state index in [9.17, 15) is 29.3 Å². The van der Waals surface area contributed by atoms with Crippen molar-refractivity contribution in [2.45, 2.75) is 20.4 Å². The summed E-state index contributed by atoms with van der Waals surface area (Å²) in [7, 11) is 2.32. The van der Waals surface area contributed by atoms with Crippen molar-refractivity contribution in [1.29, 1.82) is 0 Å². The van der Waals surface area contributed by atoms with Crippen LogP contribution >= 0.6 is 11.3 Å². The summed E-state index contributed by atoms with van der Waals surface area (Å²) in [5, 5.41) is 13.5. The minimum absolute atomic E-state index is 0.0196. The average Bonchev–Trinajstić information content (AvgIpc) is 2.99. The third-order valence-corrected chi connectivity index (χ3v) is 5.12. The van der Waals surface area contributed by atoms with Crippen molar-refractivity contribution in [3.63, 3.8) is 0 Å². The van der Waals surface area contributed by atoms with Crippen LogP contribution in [-0.2, 0) is 20.8 Å². The van der Waals surface area contributed by atoms with E-state index in [1.807, 2.05) is 0 Å². The van der Waals surface area contributed by atoms with Crippen LogP contribution in [0.2, 0.25) is 0 Å². The van der Waals surface area contributed by atoms with Crippen molar-refractivity contribution in [1.82, 2.24) is 4.57 Å². The van der Waals surface area contributed by atoms with Gasteiger partial charge in [0.15, 0.2) is 0 Å². The fourth-order valence-corrected chi connectivity index (χ4v) is 3.67. The van der Waals surface area contributed by atoms with Crippen LogP contribution in [0.1, 0.15) is 31.2 Å². The molecule has 0 spiro atoms. The molecular weight excluding hydrogens is 406 g/mol. The number of ether oxygens (including phenoxy) is 2. The monoisotopic (exact) mass is 423 g/mol. The SMILES string of the molecule is COC(=O)c1sc(NC(=O)Cn2cc([N+](=O)[O-])cc(C)c2=O)c(C(=O)OC)c1C. The first-order chi connectivity index (χ1) is 13.6. The minimum atomic E-state index is -0.771. The molecule has 2 rings (SSSR count). The molecule has 29 heavy (non-hydrogen) atoms. The topological polar surface area (TPSA) is 147 Å². The van der Waals surface area contributed by atoms with Gasteiger partial charge in [-0.05, 0) is 19.4 Å². The second-order valence-electron chi connectivity index (χ2n) is 5.86. The molecule has 1 N–H and O–H groups in total. The fraction of sp³-hybridized carbons (Fsp3) is 0.294. The van der Waals surface area contributed by atoms with Gasteiger partial charge in [-0.1, -0.05) is 0 Å². The summed E-state index contributed by atoms with van der Waals surface area (Å²) in [4.78, 5) is 59.0. The lowest BCUT2D eigenvalue weighted by atomic mass is 10.1. The normalized spacial score (nSPS) is 10.3. The molecule has 2 heterocycles. The number of nitrogens with zero attached hydrogens (tertiary/aromatic N) is 2. The van der Waals surface area contributed by atoms with Crippen LogP contribution in [0.4, 0.5) is 10.7 Å². The van der Waals surface area contributed by atoms with Crippen LogP contribution in [0.15, 0.2) is 17.1 Å². The molecule has 0 radical (unpaired) electrons. The summed E-state index contributed by atoms with van der Waals surface area (Å²) in [6.45, 7) is 2.36. The first-order valence-corrected chi connectivity index (χ1v) is 8.87. The molecule has 2 aromatic rings. The molecule has 0 aliphatic rings. The van der Waals surface area contributed by atoms with Gasteiger partial charge in [0.2, 0.25) is 5.91 Å². The molecular formula is C17H17N3O8S. The van der Waals surface area contributed by atoms with Crippen molar-refractivity contribution in [3.05, 3.63) is 54.3 Å². The van der Waals surface area contributed by atoms with Gasteiger partial charge in [-0.25, -0.2) is 9.59 Å². The number of nitro groups is 1. The highest BCUT2D eigenvalue weighted by atomic mass is 32.1. The smallest absolute Gasteiger partial charge is 0.348 e. The number of anilines is 1. The molecule has 0 fully saturated rings. The molecule has 0 aromatic carbocycles. The molecule has 0 aliphatic heterocycles. The number of pyridine rings is 1. The Labute approximate surface area is 168 Å². The van der Waals surface area contributed by atoms with Gasteiger partial charge in [0.05, 0.1) is 30.9 Å². The summed E-state index contributed by atoms with van der Waals surface area (Å²) >= 11 is 0.814. The van der Waals surface area contributed by atoms with Crippen LogP contribution in [0.3, 0.4) is 0 Å². The Morgan fingerprint density at radius 2 is 1.83 bits per heavy atom. The molecule has 2 aromatic heterocycles. The van der Waals surface area contributed by atoms with Gasteiger partial charge in [-0.2, -0.15) is 0 Å². The van der Waals surface area contributed by atoms with Crippen molar-refractivity contribution in [2.75, 3.05) is 19.5 Å². The molecule has 0 unspecified atom stereocenters. The molecule has 0 aliphatic carbocycles. The zero-order chi connectivity index (χ0) is 21.9. The second kappa shape index (κ2) is 8.65. The molecule has 0 atom stereocenters. The highest BCUT2D eigenvalue weighted by Crippen LogP contribution is 2.34. The van der Waals surface area contributed by atoms with E-state index in [2.05, 4.69) is 10.1 Å². The maximum absolute atomic E-state index is 12.4. The summed E-state index contributed by atoms with van der Waals surface area (Å²) < 4.78 is 10.2. The van der Waals surface area contributed by atoms with E-state index in [4.69, 9.17) is 4.74 Å². The van der Waals surface area contributed by atoms with E-state index in [-0.39, 0.29) is 32.3 Å². The Morgan fingerprint density at radius 3 is 2.38 bits per heavy atom. The number of nitrogens with one attached hydrogen (secondary N) is 1. The number of hydrogen-bond donors (Lipinski definition) is 1. The Hall–Kier alpha value is -3.54. The van der Waals surface area contributed by atoms with Gasteiger partial charge < -0.3 is 14.8 Å². The lowest BCUT2D eigenvalue weighted by Crippen LogP contribution is -2.29. The summed E-state index contributed by atoms with van der Waals surface area (Å²) in [5.74, 6) is -2.19. The predicted octanol–water partition coefficient (Wildman–Crippen LogP) is 1.65. The standard InChI is InChI=1S/C17H17N3O8S/c1-8-5-10(20(25)26)6-19(15(8)22)7-11(21)18-14-12(16(23)27-3)9(2)13(29-14)17(24)28-4/h5-6H,7H2,1-4H3,(H,18,21). The lowest BCUT2D eigenvalue weighted by Gasteiger charge is -2.08. The van der Waals surface area contributed by atoms with Crippen LogP contribution in [0.5, 0.6) is 0 Å². The maximum atomic E-state index is 12.4. The van der Waals surface area contributed by atoms with Crippen molar-refractivity contribution >= 4 is 39.9 Å². The number of carbonyl (C=O) groups is 3. The average molecular weight is 423 g/mol. The summed E-state index contributed by atoms with van der Waals surface area (Å²) in [5.41, 5.74) is -0.565. The first-order valence-electron chi connectivity index (χ1n) is 8.06. The van der Waals surface area contributed by atoms with E-state index in [1.165, 1.54) is 21.0 Å². The van der Waals surface area contributed by atoms with Crippen molar-refractivity contribution < 1.29 is 28.8 Å².